The van der Waals surface area contributed by atoms with Crippen LogP contribution in [0.25, 0.3) is 11.1 Å². The number of anilines is 1. The number of carbonyl (C=O) groups is 4. The van der Waals surface area contributed by atoms with Gasteiger partial charge in [-0.3, -0.25) is 14.4 Å². The van der Waals surface area contributed by atoms with Gasteiger partial charge in [0, 0.05) is 35.5 Å². The van der Waals surface area contributed by atoms with Gasteiger partial charge in [-0.2, -0.15) is 5.26 Å². The zero-order chi connectivity index (χ0) is 41.8. The van der Waals surface area contributed by atoms with Crippen LogP contribution in [0.1, 0.15) is 49.8 Å². The second-order valence-electron chi connectivity index (χ2n) is 14.6. The van der Waals surface area contributed by atoms with E-state index in [1.807, 2.05) is 36.4 Å². The first-order chi connectivity index (χ1) is 29.1. The molecular formula is C48H37ClN4O7. The molecule has 11 nitrogen and oxygen atoms in total. The number of hydrogen-bond donors (Lipinski definition) is 3. The highest BCUT2D eigenvalue weighted by Gasteiger charge is 2.39. The molecule has 0 bridgehead atoms. The summed E-state index contributed by atoms with van der Waals surface area (Å²) >= 11 is 5.99. The van der Waals surface area contributed by atoms with Crippen molar-refractivity contribution in [3.63, 3.8) is 0 Å². The Bertz CT molecular complexity index is 2610. The first kappa shape index (κ1) is 39.4. The molecular weight excluding hydrogens is 780 g/mol. The Labute approximate surface area is 350 Å². The van der Waals surface area contributed by atoms with E-state index in [1.165, 1.54) is 4.90 Å². The van der Waals surface area contributed by atoms with Gasteiger partial charge in [0.1, 0.15) is 30.2 Å². The summed E-state index contributed by atoms with van der Waals surface area (Å²) in [5.74, 6) is -1.59. The zero-order valence-corrected chi connectivity index (χ0v) is 32.8. The molecule has 12 heteroatoms. The van der Waals surface area contributed by atoms with Gasteiger partial charge in [-0.1, -0.05) is 90.5 Å². The number of hydrogen-bond acceptors (Lipinski definition) is 7. The van der Waals surface area contributed by atoms with Gasteiger partial charge in [-0.05, 0) is 94.0 Å². The minimum atomic E-state index is -1.29. The normalized spacial score (nSPS) is 15.9. The number of nitrogens with zero attached hydrogens (tertiary/aromatic N) is 2. The molecule has 298 valence electrons. The van der Waals surface area contributed by atoms with Crippen molar-refractivity contribution in [3.8, 4) is 28.7 Å². The number of carboxylic acids is 1. The van der Waals surface area contributed by atoms with Crippen LogP contribution in [0.4, 0.5) is 5.69 Å². The van der Waals surface area contributed by atoms with Crippen molar-refractivity contribution in [3.05, 3.63) is 183 Å². The predicted octanol–water partition coefficient (Wildman–Crippen LogP) is 7.91. The molecule has 6 aromatic carbocycles. The standard InChI is InChI=1S/C48H37ClN4O7/c49-38-18-10-31(11-19-38)28-59-39-20-16-34(17-21-39)44-46(55)51-40-23-36-24-42(53(27-37(36)25-43(40)60-44)47(56)35-4-2-1-3-5-35)45(54)52-41(48(57)58)22-29-6-12-32(13-7-29)33-14-8-30(26-50)9-15-33/h1-21,23,25,41-42,44H,22,24,27-28H2,(H,51,55)(H,52,54)(H,57,58)/t41-,42?,44?/m0/s1. The van der Waals surface area contributed by atoms with Crippen molar-refractivity contribution in [2.45, 2.75) is 44.2 Å². The molecule has 3 amide bonds. The van der Waals surface area contributed by atoms with E-state index in [4.69, 9.17) is 26.3 Å². The largest absolute Gasteiger partial charge is 0.489 e. The van der Waals surface area contributed by atoms with Crippen LogP contribution >= 0.6 is 11.6 Å². The molecule has 2 unspecified atom stereocenters. The van der Waals surface area contributed by atoms with Crippen molar-refractivity contribution in [1.29, 1.82) is 5.26 Å². The molecule has 0 fully saturated rings. The molecule has 8 rings (SSSR count). The van der Waals surface area contributed by atoms with Crippen LogP contribution in [0.2, 0.25) is 5.02 Å². The summed E-state index contributed by atoms with van der Waals surface area (Å²) in [5.41, 5.74) is 6.82. The summed E-state index contributed by atoms with van der Waals surface area (Å²) in [7, 11) is 0. The predicted molar refractivity (Wildman–Crippen MR) is 224 cm³/mol. The van der Waals surface area contributed by atoms with Crippen LogP contribution in [-0.2, 0) is 40.4 Å². The third-order valence-corrected chi connectivity index (χ3v) is 10.9. The Kier molecular flexibility index (Phi) is 11.3. The van der Waals surface area contributed by atoms with Crippen LogP contribution in [0, 0.1) is 11.3 Å². The minimum absolute atomic E-state index is 0.00185. The molecule has 0 spiro atoms. The minimum Gasteiger partial charge on any atom is -0.489 e. The number of nitriles is 1. The lowest BCUT2D eigenvalue weighted by Crippen LogP contribution is -2.56. The zero-order valence-electron chi connectivity index (χ0n) is 32.0. The highest BCUT2D eigenvalue weighted by atomic mass is 35.5. The summed E-state index contributed by atoms with van der Waals surface area (Å²) < 4.78 is 12.2. The number of fused-ring (bicyclic) bond motifs is 2. The Morgan fingerprint density at radius 1 is 0.867 bits per heavy atom. The third kappa shape index (κ3) is 8.70. The first-order valence-electron chi connectivity index (χ1n) is 19.2. The molecule has 0 saturated heterocycles. The van der Waals surface area contributed by atoms with Gasteiger partial charge in [0.2, 0.25) is 12.0 Å². The monoisotopic (exact) mass is 816 g/mol. The highest BCUT2D eigenvalue weighted by Crippen LogP contribution is 2.40. The number of halogens is 1. The number of rotatable bonds is 11. The lowest BCUT2D eigenvalue weighted by atomic mass is 9.91. The molecule has 0 saturated carbocycles. The molecule has 3 atom stereocenters. The van der Waals surface area contributed by atoms with E-state index in [-0.39, 0.29) is 25.3 Å². The first-order valence-corrected chi connectivity index (χ1v) is 19.6. The average molecular weight is 817 g/mol. The van der Waals surface area contributed by atoms with Gasteiger partial charge < -0.3 is 30.1 Å². The SMILES string of the molecule is N#Cc1ccc(-c2ccc(C[C@H](NC(=O)C3Cc4cc5c(cc4CN3C(=O)c3ccccc3)OC(c3ccc(OCc4ccc(Cl)cc4)cc3)C(=O)N5)C(=O)O)cc2)cc1. The van der Waals surface area contributed by atoms with Crippen molar-refractivity contribution in [2.75, 3.05) is 5.32 Å². The molecule has 3 N–H and O–H groups in total. The molecule has 2 heterocycles. The van der Waals surface area contributed by atoms with Crippen molar-refractivity contribution in [2.24, 2.45) is 0 Å². The van der Waals surface area contributed by atoms with E-state index in [9.17, 15) is 24.3 Å². The number of benzene rings is 6. The molecule has 0 radical (unpaired) electrons. The number of nitrogens with one attached hydrogen (secondary N) is 2. The van der Waals surface area contributed by atoms with Gasteiger partial charge in [-0.15, -0.1) is 0 Å². The lowest BCUT2D eigenvalue weighted by molar-refractivity contribution is -0.142. The summed E-state index contributed by atoms with van der Waals surface area (Å²) in [6.45, 7) is 0.379. The summed E-state index contributed by atoms with van der Waals surface area (Å²) in [6.07, 6.45) is -0.887. The lowest BCUT2D eigenvalue weighted by Gasteiger charge is -2.37. The topological polar surface area (TPSA) is 158 Å². The van der Waals surface area contributed by atoms with Gasteiger partial charge in [0.15, 0.2) is 0 Å². The number of aliphatic carboxylic acids is 1. The molecule has 2 aliphatic rings. The highest BCUT2D eigenvalue weighted by molar-refractivity contribution is 6.30. The van der Waals surface area contributed by atoms with Crippen molar-refractivity contribution in [1.82, 2.24) is 10.2 Å². The fraction of sp³-hybridized carbons (Fsp3) is 0.146. The maximum Gasteiger partial charge on any atom is 0.326 e. The fourth-order valence-corrected chi connectivity index (χ4v) is 7.49. The van der Waals surface area contributed by atoms with Crippen LogP contribution in [0.3, 0.4) is 0 Å². The second-order valence-corrected chi connectivity index (χ2v) is 15.0. The Balaban J connectivity index is 0.994. The van der Waals surface area contributed by atoms with Gasteiger partial charge in [0.05, 0.1) is 17.3 Å². The second kappa shape index (κ2) is 17.2. The number of ether oxygens (including phenoxy) is 2. The third-order valence-electron chi connectivity index (χ3n) is 10.6. The Morgan fingerprint density at radius 2 is 1.53 bits per heavy atom. The van der Waals surface area contributed by atoms with Gasteiger partial charge in [0.25, 0.3) is 11.8 Å². The smallest absolute Gasteiger partial charge is 0.326 e. The van der Waals surface area contributed by atoms with Crippen LogP contribution in [0.15, 0.2) is 140 Å². The van der Waals surface area contributed by atoms with Crippen molar-refractivity contribution < 1.29 is 33.8 Å². The van der Waals surface area contributed by atoms with E-state index in [0.29, 0.717) is 56.6 Å². The van der Waals surface area contributed by atoms with Crippen LogP contribution < -0.4 is 20.1 Å². The quantitative estimate of drug-likeness (QED) is 0.119. The van der Waals surface area contributed by atoms with E-state index in [1.54, 1.807) is 103 Å². The maximum atomic E-state index is 14.1. The Morgan fingerprint density at radius 3 is 2.20 bits per heavy atom. The summed E-state index contributed by atoms with van der Waals surface area (Å²) in [5, 5.41) is 25.6. The Hall–Kier alpha value is -7.42. The van der Waals surface area contributed by atoms with E-state index in [2.05, 4.69) is 16.7 Å². The average Bonchev–Trinajstić information content (AvgIpc) is 3.27. The van der Waals surface area contributed by atoms with E-state index >= 15 is 0 Å². The molecule has 0 aromatic heterocycles. The summed E-state index contributed by atoms with van der Waals surface area (Å²) in [4.78, 5) is 55.6. The maximum absolute atomic E-state index is 14.1. The van der Waals surface area contributed by atoms with E-state index in [0.717, 1.165) is 22.3 Å². The number of amides is 3. The molecule has 0 aliphatic carbocycles. The molecule has 60 heavy (non-hydrogen) atoms. The fourth-order valence-electron chi connectivity index (χ4n) is 7.36. The van der Waals surface area contributed by atoms with Crippen LogP contribution in [-0.4, -0.2) is 45.8 Å². The molecule has 2 aliphatic heterocycles. The van der Waals surface area contributed by atoms with Gasteiger partial charge in [-0.25, -0.2) is 4.79 Å². The van der Waals surface area contributed by atoms with Gasteiger partial charge >= 0.3 is 5.97 Å². The van der Waals surface area contributed by atoms with Crippen molar-refractivity contribution >= 4 is 41.0 Å². The summed E-state index contributed by atoms with van der Waals surface area (Å²) in [6, 6.07) is 40.8. The number of carbonyl (C=O) groups excluding carboxylic acids is 3. The number of carboxylic acid groups (broad SMARTS) is 1. The molecule has 6 aromatic rings. The van der Waals surface area contributed by atoms with Crippen LogP contribution in [0.5, 0.6) is 11.5 Å². The van der Waals surface area contributed by atoms with E-state index < -0.39 is 36.0 Å².